The van der Waals surface area contributed by atoms with Crippen molar-refractivity contribution in [2.75, 3.05) is 51.4 Å². The SMILES string of the molecule is COCCCN1CCOc2cc3c(cc21)C(C)CN(C(=O)OC(C)(C)C)CC3. The number of rotatable bonds is 4. The molecule has 0 fully saturated rings. The Morgan fingerprint density at radius 3 is 2.79 bits per heavy atom. The molecule has 2 aliphatic rings. The van der Waals surface area contributed by atoms with Gasteiger partial charge in [0.1, 0.15) is 18.0 Å². The maximum Gasteiger partial charge on any atom is 0.410 e. The highest BCUT2D eigenvalue weighted by Crippen LogP contribution is 2.38. The van der Waals surface area contributed by atoms with Crippen molar-refractivity contribution < 1.29 is 19.0 Å². The van der Waals surface area contributed by atoms with Gasteiger partial charge in [0.15, 0.2) is 0 Å². The van der Waals surface area contributed by atoms with Gasteiger partial charge in [0, 0.05) is 33.4 Å². The van der Waals surface area contributed by atoms with Gasteiger partial charge in [0.2, 0.25) is 0 Å². The zero-order valence-corrected chi connectivity index (χ0v) is 17.9. The fraction of sp³-hybridized carbons (Fsp3) is 0.682. The fourth-order valence-corrected chi connectivity index (χ4v) is 3.95. The zero-order chi connectivity index (χ0) is 20.3. The highest BCUT2D eigenvalue weighted by atomic mass is 16.6. The Bertz CT molecular complexity index is 699. The molecule has 0 N–H and O–H groups in total. The number of amides is 1. The normalized spacial score (nSPS) is 19.4. The smallest absolute Gasteiger partial charge is 0.410 e. The van der Waals surface area contributed by atoms with Crippen molar-refractivity contribution >= 4 is 11.8 Å². The van der Waals surface area contributed by atoms with Gasteiger partial charge in [-0.15, -0.1) is 0 Å². The van der Waals surface area contributed by atoms with Gasteiger partial charge in [-0.2, -0.15) is 0 Å². The number of hydrogen-bond acceptors (Lipinski definition) is 5. The van der Waals surface area contributed by atoms with Crippen LogP contribution in [0.3, 0.4) is 0 Å². The summed E-state index contributed by atoms with van der Waals surface area (Å²) in [5.41, 5.74) is 3.27. The summed E-state index contributed by atoms with van der Waals surface area (Å²) < 4.78 is 16.8. The highest BCUT2D eigenvalue weighted by molar-refractivity contribution is 5.69. The third-order valence-electron chi connectivity index (χ3n) is 5.28. The molecule has 0 spiro atoms. The molecule has 6 heteroatoms. The van der Waals surface area contributed by atoms with Crippen LogP contribution in [-0.2, 0) is 15.9 Å². The first-order chi connectivity index (χ1) is 13.3. The third kappa shape index (κ3) is 4.90. The van der Waals surface area contributed by atoms with E-state index in [-0.39, 0.29) is 12.0 Å². The first kappa shape index (κ1) is 20.8. The number of carbonyl (C=O) groups is 1. The molecule has 1 amide bonds. The number of anilines is 1. The second kappa shape index (κ2) is 8.60. The van der Waals surface area contributed by atoms with Crippen molar-refractivity contribution in [3.63, 3.8) is 0 Å². The van der Waals surface area contributed by atoms with Crippen LogP contribution in [0, 0.1) is 0 Å². The molecule has 2 aliphatic heterocycles. The monoisotopic (exact) mass is 390 g/mol. The van der Waals surface area contributed by atoms with Crippen LogP contribution in [0.2, 0.25) is 0 Å². The Morgan fingerprint density at radius 1 is 1.29 bits per heavy atom. The van der Waals surface area contributed by atoms with Gasteiger partial charge in [0.05, 0.1) is 12.2 Å². The molecule has 1 atom stereocenters. The second-order valence-corrected chi connectivity index (χ2v) is 8.78. The molecule has 2 heterocycles. The van der Waals surface area contributed by atoms with Gasteiger partial charge >= 0.3 is 6.09 Å². The summed E-state index contributed by atoms with van der Waals surface area (Å²) in [6, 6.07) is 4.46. The van der Waals surface area contributed by atoms with E-state index in [4.69, 9.17) is 14.2 Å². The van der Waals surface area contributed by atoms with Gasteiger partial charge in [0.25, 0.3) is 0 Å². The minimum absolute atomic E-state index is 0.227. The molecule has 0 aliphatic carbocycles. The zero-order valence-electron chi connectivity index (χ0n) is 17.9. The maximum atomic E-state index is 12.6. The van der Waals surface area contributed by atoms with Crippen LogP contribution < -0.4 is 9.64 Å². The van der Waals surface area contributed by atoms with E-state index in [1.54, 1.807) is 7.11 Å². The lowest BCUT2D eigenvalue weighted by Gasteiger charge is -2.33. The van der Waals surface area contributed by atoms with Crippen molar-refractivity contribution in [3.8, 4) is 5.75 Å². The molecule has 156 valence electrons. The van der Waals surface area contributed by atoms with E-state index < -0.39 is 5.60 Å². The molecule has 1 unspecified atom stereocenters. The number of methoxy groups -OCH3 is 1. The lowest BCUT2D eigenvalue weighted by molar-refractivity contribution is 0.0248. The number of benzene rings is 1. The first-order valence-corrected chi connectivity index (χ1v) is 10.3. The summed E-state index contributed by atoms with van der Waals surface area (Å²) in [7, 11) is 1.74. The highest BCUT2D eigenvalue weighted by Gasteiger charge is 2.29. The molecule has 3 rings (SSSR count). The third-order valence-corrected chi connectivity index (χ3v) is 5.28. The van der Waals surface area contributed by atoms with E-state index in [1.165, 1.54) is 16.8 Å². The number of ether oxygens (including phenoxy) is 3. The van der Waals surface area contributed by atoms with Crippen molar-refractivity contribution in [2.45, 2.75) is 52.1 Å². The molecule has 1 aromatic carbocycles. The van der Waals surface area contributed by atoms with Crippen molar-refractivity contribution in [2.24, 2.45) is 0 Å². The van der Waals surface area contributed by atoms with E-state index in [0.29, 0.717) is 19.7 Å². The van der Waals surface area contributed by atoms with Gasteiger partial charge in [-0.1, -0.05) is 6.92 Å². The van der Waals surface area contributed by atoms with E-state index in [1.807, 2.05) is 25.7 Å². The van der Waals surface area contributed by atoms with Crippen LogP contribution in [0.15, 0.2) is 12.1 Å². The topological polar surface area (TPSA) is 51.2 Å². The van der Waals surface area contributed by atoms with Crippen LogP contribution in [0.25, 0.3) is 0 Å². The molecule has 0 aromatic heterocycles. The molecule has 6 nitrogen and oxygen atoms in total. The van der Waals surface area contributed by atoms with E-state index in [9.17, 15) is 4.79 Å². The molecule has 0 saturated heterocycles. The van der Waals surface area contributed by atoms with Gasteiger partial charge in [-0.3, -0.25) is 0 Å². The number of carbonyl (C=O) groups excluding carboxylic acids is 1. The fourth-order valence-electron chi connectivity index (χ4n) is 3.95. The Morgan fingerprint density at radius 2 is 2.07 bits per heavy atom. The summed E-state index contributed by atoms with van der Waals surface area (Å²) in [6.07, 6.45) is 1.59. The molecular weight excluding hydrogens is 356 g/mol. The number of fused-ring (bicyclic) bond motifs is 2. The lowest BCUT2D eigenvalue weighted by Crippen LogP contribution is -2.38. The predicted molar refractivity (Wildman–Crippen MR) is 111 cm³/mol. The Kier molecular flexibility index (Phi) is 6.38. The molecule has 0 saturated carbocycles. The van der Waals surface area contributed by atoms with Crippen LogP contribution in [0.5, 0.6) is 5.75 Å². The predicted octanol–water partition coefficient (Wildman–Crippen LogP) is 3.82. The van der Waals surface area contributed by atoms with Crippen LogP contribution in [-0.4, -0.2) is 63.1 Å². The minimum atomic E-state index is -0.477. The van der Waals surface area contributed by atoms with Crippen LogP contribution in [0.4, 0.5) is 10.5 Å². The van der Waals surface area contributed by atoms with Crippen molar-refractivity contribution in [1.82, 2.24) is 4.90 Å². The summed E-state index contributed by atoms with van der Waals surface area (Å²) >= 11 is 0. The van der Waals surface area contributed by atoms with E-state index in [0.717, 1.165) is 38.3 Å². The Labute approximate surface area is 168 Å². The Hall–Kier alpha value is -1.95. The summed E-state index contributed by atoms with van der Waals surface area (Å²) in [5.74, 6) is 1.21. The van der Waals surface area contributed by atoms with E-state index in [2.05, 4.69) is 24.0 Å². The van der Waals surface area contributed by atoms with Crippen LogP contribution in [0.1, 0.15) is 51.2 Å². The van der Waals surface area contributed by atoms with Gasteiger partial charge < -0.3 is 24.0 Å². The molecule has 1 aromatic rings. The quantitative estimate of drug-likeness (QED) is 0.732. The van der Waals surface area contributed by atoms with Crippen molar-refractivity contribution in [3.05, 3.63) is 23.3 Å². The maximum absolute atomic E-state index is 12.6. The van der Waals surface area contributed by atoms with Gasteiger partial charge in [-0.25, -0.2) is 4.79 Å². The number of nitrogens with zero attached hydrogens (tertiary/aromatic N) is 2. The molecular formula is C22H34N2O4. The molecule has 0 radical (unpaired) electrons. The number of hydrogen-bond donors (Lipinski definition) is 0. The first-order valence-electron chi connectivity index (χ1n) is 10.3. The summed E-state index contributed by atoms with van der Waals surface area (Å²) in [6.45, 7) is 12.6. The summed E-state index contributed by atoms with van der Waals surface area (Å²) in [5, 5.41) is 0. The van der Waals surface area contributed by atoms with Crippen molar-refractivity contribution in [1.29, 1.82) is 0 Å². The minimum Gasteiger partial charge on any atom is -0.490 e. The Balaban J connectivity index is 1.79. The standard InChI is InChI=1S/C22H34N2O4/c1-16-15-24(21(25)28-22(2,3)4)9-7-17-13-20-19(14-18(16)17)23(10-12-27-20)8-6-11-26-5/h13-14,16H,6-12,15H2,1-5H3. The average Bonchev–Trinajstić information content (AvgIpc) is 2.78. The molecule has 28 heavy (non-hydrogen) atoms. The summed E-state index contributed by atoms with van der Waals surface area (Å²) in [4.78, 5) is 16.8. The van der Waals surface area contributed by atoms with Gasteiger partial charge in [-0.05, 0) is 62.8 Å². The second-order valence-electron chi connectivity index (χ2n) is 8.78. The molecule has 0 bridgehead atoms. The van der Waals surface area contributed by atoms with E-state index >= 15 is 0 Å². The average molecular weight is 391 g/mol. The van der Waals surface area contributed by atoms with Crippen LogP contribution >= 0.6 is 0 Å². The lowest BCUT2D eigenvalue weighted by atomic mass is 9.93. The largest absolute Gasteiger partial charge is 0.490 e.